The van der Waals surface area contributed by atoms with Crippen LogP contribution in [0.3, 0.4) is 0 Å². The van der Waals surface area contributed by atoms with E-state index in [4.69, 9.17) is 5.73 Å². The van der Waals surface area contributed by atoms with E-state index in [0.29, 0.717) is 11.1 Å². The van der Waals surface area contributed by atoms with E-state index in [1.807, 2.05) is 91.0 Å². The topological polar surface area (TPSA) is 127 Å². The molecule has 0 aliphatic rings. The number of carbonyl (C=O) groups excluding carboxylic acids is 2. The fourth-order valence-electron chi connectivity index (χ4n) is 6.65. The Morgan fingerprint density at radius 3 is 1.27 bits per heavy atom. The molecular formula is C40H30N4O4. The number of anilines is 3. The van der Waals surface area contributed by atoms with E-state index in [2.05, 4.69) is 22.8 Å². The van der Waals surface area contributed by atoms with Crippen LogP contribution in [0.15, 0.2) is 121 Å². The van der Waals surface area contributed by atoms with Crippen molar-refractivity contribution in [2.45, 2.75) is 13.8 Å². The standard InChI is InChI=1S/C20H14N2O3.C20H16N2O/c1-12(23)21-19-10-17-14-7-3-5-9-16(14)20(22(24)25)11-18(17)13-6-2-4-8-15(13)19;1-12(23)22-20-11-18-13-6-2-4-8-15(13)19(21)10-17(18)14-7-3-5-9-16(14)20/h2-11H,1H3,(H,21,23);2-11H,21H2,1H3,(H,22,23). The molecule has 234 valence electrons. The lowest BCUT2D eigenvalue weighted by Crippen LogP contribution is -2.06. The Morgan fingerprint density at radius 2 is 0.833 bits per heavy atom. The maximum absolute atomic E-state index is 11.6. The molecule has 0 atom stereocenters. The molecule has 8 heteroatoms. The first-order valence-corrected chi connectivity index (χ1v) is 15.4. The zero-order valence-electron chi connectivity index (χ0n) is 26.2. The van der Waals surface area contributed by atoms with Crippen LogP contribution < -0.4 is 16.4 Å². The molecule has 8 nitrogen and oxygen atoms in total. The van der Waals surface area contributed by atoms with E-state index in [9.17, 15) is 19.7 Å². The molecule has 0 bridgehead atoms. The number of hydrogen-bond donors (Lipinski definition) is 3. The van der Waals surface area contributed by atoms with Crippen LogP contribution in [-0.2, 0) is 9.59 Å². The van der Waals surface area contributed by atoms with Gasteiger partial charge < -0.3 is 16.4 Å². The van der Waals surface area contributed by atoms with Crippen LogP contribution >= 0.6 is 0 Å². The Kier molecular flexibility index (Phi) is 7.53. The van der Waals surface area contributed by atoms with Gasteiger partial charge in [-0.15, -0.1) is 0 Å². The minimum Gasteiger partial charge on any atom is -0.398 e. The van der Waals surface area contributed by atoms with Gasteiger partial charge in [-0.1, -0.05) is 91.0 Å². The number of nitrogens with one attached hydrogen (secondary N) is 2. The van der Waals surface area contributed by atoms with Gasteiger partial charge in [-0.3, -0.25) is 19.7 Å². The zero-order valence-corrected chi connectivity index (χ0v) is 26.2. The summed E-state index contributed by atoms with van der Waals surface area (Å²) in [5, 5.41) is 28.6. The molecule has 8 aromatic rings. The van der Waals surface area contributed by atoms with Crippen LogP contribution in [0.5, 0.6) is 0 Å². The Labute approximate surface area is 274 Å². The van der Waals surface area contributed by atoms with E-state index < -0.39 is 0 Å². The summed E-state index contributed by atoms with van der Waals surface area (Å²) in [6.45, 7) is 2.99. The van der Waals surface area contributed by atoms with Gasteiger partial charge >= 0.3 is 0 Å². The van der Waals surface area contributed by atoms with Crippen molar-refractivity contribution in [1.29, 1.82) is 0 Å². The minimum atomic E-state index is -0.349. The van der Waals surface area contributed by atoms with Crippen molar-refractivity contribution in [1.82, 2.24) is 0 Å². The van der Waals surface area contributed by atoms with E-state index in [0.717, 1.165) is 70.6 Å². The second-order valence-electron chi connectivity index (χ2n) is 11.7. The van der Waals surface area contributed by atoms with Crippen LogP contribution in [0, 0.1) is 10.1 Å². The number of rotatable bonds is 3. The molecule has 0 aliphatic carbocycles. The molecule has 8 rings (SSSR count). The van der Waals surface area contributed by atoms with Gasteiger partial charge in [0.15, 0.2) is 0 Å². The summed E-state index contributed by atoms with van der Waals surface area (Å²) < 4.78 is 0. The van der Waals surface area contributed by atoms with Crippen molar-refractivity contribution in [2.24, 2.45) is 0 Å². The van der Waals surface area contributed by atoms with Gasteiger partial charge in [-0.25, -0.2) is 0 Å². The third-order valence-corrected chi connectivity index (χ3v) is 8.59. The Hall–Kier alpha value is -6.54. The van der Waals surface area contributed by atoms with E-state index in [-0.39, 0.29) is 22.4 Å². The van der Waals surface area contributed by atoms with Crippen molar-refractivity contribution >= 4 is 99.2 Å². The molecule has 2 amide bonds. The van der Waals surface area contributed by atoms with E-state index >= 15 is 0 Å². The number of hydrogen-bond acceptors (Lipinski definition) is 5. The van der Waals surface area contributed by atoms with Crippen LogP contribution in [-0.4, -0.2) is 16.7 Å². The molecule has 4 N–H and O–H groups in total. The van der Waals surface area contributed by atoms with E-state index in [1.165, 1.54) is 13.8 Å². The molecule has 0 fully saturated rings. The van der Waals surface area contributed by atoms with Gasteiger partial charge in [-0.2, -0.15) is 0 Å². The number of nitro groups is 1. The van der Waals surface area contributed by atoms with Gasteiger partial charge in [0.1, 0.15) is 0 Å². The molecule has 0 saturated heterocycles. The number of nitrogens with two attached hydrogens (primary N) is 1. The first kappa shape index (κ1) is 30.1. The third kappa shape index (κ3) is 5.25. The van der Waals surface area contributed by atoms with Crippen molar-refractivity contribution in [3.05, 3.63) is 131 Å². The van der Waals surface area contributed by atoms with Gasteiger partial charge in [0.05, 0.1) is 10.3 Å². The SMILES string of the molecule is CC(=O)Nc1cc2c3ccccc3c(N)cc2c2ccccc12.CC(=O)Nc1cc2c3ccccc3c([N+](=O)[O-])cc2c2ccccc12. The number of non-ortho nitro benzene ring substituents is 1. The summed E-state index contributed by atoms with van der Waals surface area (Å²) in [7, 11) is 0. The minimum absolute atomic E-state index is 0.0748. The van der Waals surface area contributed by atoms with Gasteiger partial charge in [-0.05, 0) is 67.4 Å². The number of nitrogen functional groups attached to an aromatic ring is 1. The summed E-state index contributed by atoms with van der Waals surface area (Å²) >= 11 is 0. The highest BCUT2D eigenvalue weighted by atomic mass is 16.6. The molecule has 0 spiro atoms. The highest BCUT2D eigenvalue weighted by Crippen LogP contribution is 2.40. The summed E-state index contributed by atoms with van der Waals surface area (Å²) in [4.78, 5) is 34.4. The Balaban J connectivity index is 0.000000152. The number of amides is 2. The molecule has 0 radical (unpaired) electrons. The predicted octanol–water partition coefficient (Wildman–Crippen LogP) is 9.70. The van der Waals surface area contributed by atoms with E-state index in [1.54, 1.807) is 18.2 Å². The fraction of sp³-hybridized carbons (Fsp3) is 0.0500. The second-order valence-corrected chi connectivity index (χ2v) is 11.7. The fourth-order valence-corrected chi connectivity index (χ4v) is 6.65. The smallest absolute Gasteiger partial charge is 0.277 e. The first-order valence-electron chi connectivity index (χ1n) is 15.4. The largest absolute Gasteiger partial charge is 0.398 e. The first-order chi connectivity index (χ1) is 23.2. The Bertz CT molecular complexity index is 2630. The van der Waals surface area contributed by atoms with Crippen molar-refractivity contribution in [3.63, 3.8) is 0 Å². The summed E-state index contributed by atoms with van der Waals surface area (Å²) in [6.07, 6.45) is 0. The van der Waals surface area contributed by atoms with Crippen molar-refractivity contribution in [3.8, 4) is 0 Å². The molecule has 0 unspecified atom stereocenters. The van der Waals surface area contributed by atoms with Gasteiger partial charge in [0, 0.05) is 53.1 Å². The zero-order chi connectivity index (χ0) is 33.5. The summed E-state index contributed by atoms with van der Waals surface area (Å²) in [5.41, 5.74) is 8.65. The average molecular weight is 631 g/mol. The molecule has 0 aliphatic heterocycles. The lowest BCUT2D eigenvalue weighted by molar-refractivity contribution is -0.382. The highest BCUT2D eigenvalue weighted by molar-refractivity contribution is 6.25. The number of carbonyl (C=O) groups is 2. The lowest BCUT2D eigenvalue weighted by atomic mass is 9.95. The maximum Gasteiger partial charge on any atom is 0.277 e. The van der Waals surface area contributed by atoms with Crippen LogP contribution in [0.25, 0.3) is 64.6 Å². The average Bonchev–Trinajstić information content (AvgIpc) is 3.08. The monoisotopic (exact) mass is 630 g/mol. The second kappa shape index (κ2) is 12.0. The van der Waals surface area contributed by atoms with Crippen LogP contribution in [0.1, 0.15) is 13.8 Å². The van der Waals surface area contributed by atoms with Crippen molar-refractivity contribution in [2.75, 3.05) is 16.4 Å². The summed E-state index contributed by atoms with van der Waals surface area (Å²) in [5.74, 6) is -0.232. The number of benzene rings is 8. The summed E-state index contributed by atoms with van der Waals surface area (Å²) in [6, 6.07) is 38.6. The Morgan fingerprint density at radius 1 is 0.500 bits per heavy atom. The quantitative estimate of drug-likeness (QED) is 0.0775. The number of nitro benzene ring substituents is 1. The highest BCUT2D eigenvalue weighted by Gasteiger charge is 2.18. The van der Waals surface area contributed by atoms with Crippen molar-refractivity contribution < 1.29 is 14.5 Å². The number of fused-ring (bicyclic) bond motifs is 10. The molecule has 8 aromatic carbocycles. The molecule has 0 aromatic heterocycles. The molecule has 0 heterocycles. The third-order valence-electron chi connectivity index (χ3n) is 8.59. The van der Waals surface area contributed by atoms with Gasteiger partial charge in [0.2, 0.25) is 11.8 Å². The lowest BCUT2D eigenvalue weighted by Gasteiger charge is -2.14. The molecule has 0 saturated carbocycles. The van der Waals surface area contributed by atoms with Gasteiger partial charge in [0.25, 0.3) is 5.69 Å². The number of nitrogens with zero attached hydrogens (tertiary/aromatic N) is 1. The normalized spacial score (nSPS) is 11.1. The van der Waals surface area contributed by atoms with Crippen LogP contribution in [0.2, 0.25) is 0 Å². The molecular weight excluding hydrogens is 600 g/mol. The van der Waals surface area contributed by atoms with Crippen LogP contribution in [0.4, 0.5) is 22.7 Å². The maximum atomic E-state index is 11.6. The molecule has 48 heavy (non-hydrogen) atoms. The predicted molar refractivity (Wildman–Crippen MR) is 198 cm³/mol.